The van der Waals surface area contributed by atoms with Crippen LogP contribution in [0.5, 0.6) is 0 Å². The molecular formula is C16H29NO4. The smallest absolute Gasteiger partial charge is 0.338 e. The van der Waals surface area contributed by atoms with Gasteiger partial charge in [-0.1, -0.05) is 38.5 Å². The Morgan fingerprint density at radius 3 is 2.24 bits per heavy atom. The van der Waals surface area contributed by atoms with Gasteiger partial charge in [-0.15, -0.1) is 0 Å². The van der Waals surface area contributed by atoms with Gasteiger partial charge in [-0.3, -0.25) is 5.32 Å². The monoisotopic (exact) mass is 299 g/mol. The Morgan fingerprint density at radius 1 is 1.24 bits per heavy atom. The van der Waals surface area contributed by atoms with Crippen molar-refractivity contribution in [3.8, 4) is 0 Å². The molecule has 1 saturated carbocycles. The summed E-state index contributed by atoms with van der Waals surface area (Å²) in [6, 6.07) is 0. The predicted octanol–water partition coefficient (Wildman–Crippen LogP) is 2.73. The van der Waals surface area contributed by atoms with E-state index >= 15 is 0 Å². The lowest BCUT2D eigenvalue weighted by Gasteiger charge is -2.31. The number of carbonyl (C=O) groups excluding carboxylic acids is 1. The summed E-state index contributed by atoms with van der Waals surface area (Å²) in [6.07, 6.45) is 6.97. The van der Waals surface area contributed by atoms with Gasteiger partial charge in [0.05, 0.1) is 0 Å². The molecule has 2 N–H and O–H groups in total. The lowest BCUT2D eigenvalue weighted by molar-refractivity contribution is -0.171. The van der Waals surface area contributed by atoms with Gasteiger partial charge in [0.1, 0.15) is 5.60 Å². The fraction of sp³-hybridized carbons (Fsp3) is 0.875. The molecule has 0 saturated heterocycles. The second-order valence-corrected chi connectivity index (χ2v) is 7.01. The Balaban J connectivity index is 2.68. The Labute approximate surface area is 127 Å². The highest BCUT2D eigenvalue weighted by Crippen LogP contribution is 2.30. The Morgan fingerprint density at radius 2 is 1.81 bits per heavy atom. The molecule has 0 aromatic rings. The van der Waals surface area contributed by atoms with E-state index in [4.69, 9.17) is 4.74 Å². The molecule has 0 spiro atoms. The molecule has 21 heavy (non-hydrogen) atoms. The van der Waals surface area contributed by atoms with Crippen molar-refractivity contribution >= 4 is 11.9 Å². The summed E-state index contributed by atoms with van der Waals surface area (Å²) in [7, 11) is 1.51. The summed E-state index contributed by atoms with van der Waals surface area (Å²) >= 11 is 0. The number of carboxylic acids is 1. The molecular weight excluding hydrogens is 270 g/mol. The molecule has 5 heteroatoms. The zero-order chi connectivity index (χ0) is 16.1. The van der Waals surface area contributed by atoms with Crippen LogP contribution in [0.4, 0.5) is 0 Å². The molecule has 1 aliphatic rings. The molecule has 0 unspecified atom stereocenters. The van der Waals surface area contributed by atoms with Crippen LogP contribution < -0.4 is 5.32 Å². The first-order chi connectivity index (χ1) is 9.71. The number of carbonyl (C=O) groups is 2. The lowest BCUT2D eigenvalue weighted by Crippen LogP contribution is -2.58. The van der Waals surface area contributed by atoms with Crippen molar-refractivity contribution in [3.63, 3.8) is 0 Å². The van der Waals surface area contributed by atoms with Crippen molar-refractivity contribution in [1.82, 2.24) is 5.32 Å². The molecule has 0 amide bonds. The van der Waals surface area contributed by atoms with Gasteiger partial charge in [-0.25, -0.2) is 9.59 Å². The van der Waals surface area contributed by atoms with Crippen molar-refractivity contribution in [2.45, 2.75) is 76.9 Å². The quantitative estimate of drug-likeness (QED) is 0.558. The van der Waals surface area contributed by atoms with Crippen LogP contribution in [0.15, 0.2) is 0 Å². The van der Waals surface area contributed by atoms with Gasteiger partial charge >= 0.3 is 11.9 Å². The van der Waals surface area contributed by atoms with E-state index in [0.29, 0.717) is 5.92 Å². The van der Waals surface area contributed by atoms with Gasteiger partial charge in [0.15, 0.2) is 0 Å². The molecule has 1 aliphatic carbocycles. The molecule has 0 aromatic heterocycles. The number of hydrogen-bond acceptors (Lipinski definition) is 4. The number of nitrogens with one attached hydrogen (secondary N) is 1. The summed E-state index contributed by atoms with van der Waals surface area (Å²) in [5.74, 6) is -1.17. The van der Waals surface area contributed by atoms with Gasteiger partial charge in [0, 0.05) is 0 Å². The lowest BCUT2D eigenvalue weighted by atomic mass is 9.89. The number of hydrogen-bond donors (Lipinski definition) is 2. The maximum atomic E-state index is 12.3. The zero-order valence-corrected chi connectivity index (χ0v) is 13.7. The normalized spacial score (nSPS) is 19.2. The second-order valence-electron chi connectivity index (χ2n) is 7.01. The zero-order valence-electron chi connectivity index (χ0n) is 13.7. The van der Waals surface area contributed by atoms with E-state index < -0.39 is 23.1 Å². The van der Waals surface area contributed by atoms with Gasteiger partial charge < -0.3 is 9.84 Å². The molecule has 0 radical (unpaired) electrons. The average Bonchev–Trinajstić information content (AvgIpc) is 2.85. The number of esters is 1. The summed E-state index contributed by atoms with van der Waals surface area (Å²) in [6.45, 7) is 5.23. The van der Waals surface area contributed by atoms with Crippen LogP contribution in [0.2, 0.25) is 0 Å². The maximum Gasteiger partial charge on any atom is 0.338 e. The first-order valence-corrected chi connectivity index (χ1v) is 7.87. The molecule has 1 rings (SSSR count). The maximum absolute atomic E-state index is 12.3. The van der Waals surface area contributed by atoms with Crippen LogP contribution in [-0.4, -0.2) is 35.2 Å². The largest absolute Gasteiger partial charge is 0.479 e. The summed E-state index contributed by atoms with van der Waals surface area (Å²) in [5, 5.41) is 12.2. The molecule has 0 aromatic carbocycles. The number of rotatable bonds is 7. The number of likely N-dealkylation sites (N-methyl/N-ethyl adjacent to an activating group) is 1. The van der Waals surface area contributed by atoms with Crippen LogP contribution in [0.1, 0.15) is 65.7 Å². The highest BCUT2D eigenvalue weighted by Gasteiger charge is 2.47. The van der Waals surface area contributed by atoms with Crippen molar-refractivity contribution < 1.29 is 19.4 Å². The third-order valence-electron chi connectivity index (χ3n) is 4.18. The number of ether oxygens (including phenoxy) is 1. The fourth-order valence-corrected chi connectivity index (χ4v) is 2.95. The van der Waals surface area contributed by atoms with Crippen molar-refractivity contribution in [2.24, 2.45) is 5.92 Å². The van der Waals surface area contributed by atoms with E-state index in [1.165, 1.54) is 32.7 Å². The van der Waals surface area contributed by atoms with Crippen LogP contribution in [0, 0.1) is 5.92 Å². The Kier molecular flexibility index (Phi) is 6.20. The highest BCUT2D eigenvalue weighted by atomic mass is 16.6. The van der Waals surface area contributed by atoms with E-state index in [1.807, 2.05) is 0 Å². The SMILES string of the molecule is CN[C@@](CCCC1CCCC1)(C(=O)O)C(=O)OC(C)(C)C. The standard InChI is InChI=1S/C16H29NO4/c1-15(2,3)21-14(20)16(17-4,13(18)19)11-7-10-12-8-5-6-9-12/h12,17H,5-11H2,1-4H3,(H,18,19)/t16-/m0/s1. The summed E-state index contributed by atoms with van der Waals surface area (Å²) in [5.41, 5.74) is -2.33. The predicted molar refractivity (Wildman–Crippen MR) is 81.1 cm³/mol. The molecule has 122 valence electrons. The minimum absolute atomic E-state index is 0.268. The molecule has 0 heterocycles. The molecule has 1 fully saturated rings. The van der Waals surface area contributed by atoms with E-state index in [1.54, 1.807) is 20.8 Å². The van der Waals surface area contributed by atoms with Crippen LogP contribution >= 0.6 is 0 Å². The van der Waals surface area contributed by atoms with Gasteiger partial charge in [0.2, 0.25) is 5.54 Å². The minimum Gasteiger partial charge on any atom is -0.479 e. The van der Waals surface area contributed by atoms with Crippen molar-refractivity contribution in [2.75, 3.05) is 7.05 Å². The average molecular weight is 299 g/mol. The fourth-order valence-electron chi connectivity index (χ4n) is 2.95. The first-order valence-electron chi connectivity index (χ1n) is 7.87. The number of carboxylic acid groups (broad SMARTS) is 1. The highest BCUT2D eigenvalue weighted by molar-refractivity contribution is 6.04. The molecule has 0 bridgehead atoms. The topological polar surface area (TPSA) is 75.6 Å². The Hall–Kier alpha value is -1.10. The van der Waals surface area contributed by atoms with E-state index in [-0.39, 0.29) is 6.42 Å². The number of aliphatic carboxylic acids is 1. The third kappa shape index (κ3) is 4.99. The minimum atomic E-state index is -1.63. The van der Waals surface area contributed by atoms with Crippen molar-refractivity contribution in [3.05, 3.63) is 0 Å². The van der Waals surface area contributed by atoms with Crippen molar-refractivity contribution in [1.29, 1.82) is 0 Å². The van der Waals surface area contributed by atoms with E-state index in [0.717, 1.165) is 12.8 Å². The molecule has 0 aliphatic heterocycles. The molecule has 1 atom stereocenters. The van der Waals surface area contributed by atoms with Gasteiger partial charge in [-0.2, -0.15) is 0 Å². The third-order valence-corrected chi connectivity index (χ3v) is 4.18. The van der Waals surface area contributed by atoms with Crippen LogP contribution in [-0.2, 0) is 14.3 Å². The van der Waals surface area contributed by atoms with Gasteiger partial charge in [0.25, 0.3) is 0 Å². The summed E-state index contributed by atoms with van der Waals surface area (Å²) < 4.78 is 5.30. The van der Waals surface area contributed by atoms with Gasteiger partial charge in [-0.05, 0) is 40.2 Å². The van der Waals surface area contributed by atoms with E-state index in [9.17, 15) is 14.7 Å². The van der Waals surface area contributed by atoms with Crippen LogP contribution in [0.3, 0.4) is 0 Å². The Bertz CT molecular complexity index is 369. The molecule has 5 nitrogen and oxygen atoms in total. The van der Waals surface area contributed by atoms with Crippen LogP contribution in [0.25, 0.3) is 0 Å². The first kappa shape index (κ1) is 18.0. The van der Waals surface area contributed by atoms with E-state index in [2.05, 4.69) is 5.32 Å². The second kappa shape index (κ2) is 7.25. The summed E-state index contributed by atoms with van der Waals surface area (Å²) in [4.78, 5) is 24.0.